The molecular weight excluding hydrogens is 293 g/mol. The van der Waals surface area contributed by atoms with E-state index in [0.29, 0.717) is 12.1 Å². The Hall–Kier alpha value is -1.20. The van der Waals surface area contributed by atoms with Crippen molar-refractivity contribution in [1.82, 2.24) is 0 Å². The molecular formula is C14H22NO5P. The van der Waals surface area contributed by atoms with E-state index >= 15 is 0 Å². The van der Waals surface area contributed by atoms with Crippen molar-refractivity contribution in [3.05, 3.63) is 29.8 Å². The molecule has 6 nitrogen and oxygen atoms in total. The van der Waals surface area contributed by atoms with Gasteiger partial charge in [0.25, 0.3) is 0 Å². The summed E-state index contributed by atoms with van der Waals surface area (Å²) >= 11 is 0. The van der Waals surface area contributed by atoms with Crippen molar-refractivity contribution in [3.63, 3.8) is 0 Å². The van der Waals surface area contributed by atoms with Crippen LogP contribution in [0.4, 0.5) is 5.69 Å². The fourth-order valence-corrected chi connectivity index (χ4v) is 2.00. The summed E-state index contributed by atoms with van der Waals surface area (Å²) in [5, 5.41) is 10.4. The van der Waals surface area contributed by atoms with Crippen LogP contribution in [-0.4, -0.2) is 20.8 Å². The first-order valence-corrected chi connectivity index (χ1v) is 8.23. The smallest absolute Gasteiger partial charge is 0.361 e. The van der Waals surface area contributed by atoms with E-state index in [0.717, 1.165) is 6.92 Å². The Morgan fingerprint density at radius 3 is 2.33 bits per heavy atom. The number of hydrogen-bond acceptors (Lipinski definition) is 3. The minimum Gasteiger partial charge on any atom is -0.373 e. The average Bonchev–Trinajstić information content (AvgIpc) is 2.37. The van der Waals surface area contributed by atoms with E-state index in [9.17, 15) is 24.3 Å². The third-order valence-corrected chi connectivity index (χ3v) is 5.13. The summed E-state index contributed by atoms with van der Waals surface area (Å²) in [5.74, 6) is -0.196. The highest BCUT2D eigenvalue weighted by molar-refractivity contribution is 7.52. The largest absolute Gasteiger partial charge is 0.373 e. The lowest BCUT2D eigenvalue weighted by Crippen LogP contribution is -2.30. The molecule has 1 unspecified atom stereocenters. The maximum absolute atomic E-state index is 12.1. The van der Waals surface area contributed by atoms with Crippen molar-refractivity contribution in [1.29, 1.82) is 0 Å². The first-order valence-electron chi connectivity index (χ1n) is 6.62. The molecule has 0 spiro atoms. The van der Waals surface area contributed by atoms with Gasteiger partial charge in [0.2, 0.25) is 5.91 Å². The molecule has 0 aliphatic heterocycles. The van der Waals surface area contributed by atoms with Crippen LogP contribution in [0.3, 0.4) is 0 Å². The predicted octanol–water partition coefficient (Wildman–Crippen LogP) is 2.40. The van der Waals surface area contributed by atoms with E-state index < -0.39 is 18.4 Å². The van der Waals surface area contributed by atoms with Crippen molar-refractivity contribution in [2.24, 2.45) is 5.41 Å². The van der Waals surface area contributed by atoms with Gasteiger partial charge < -0.3 is 20.2 Å². The lowest BCUT2D eigenvalue weighted by atomic mass is 9.89. The minimum atomic E-state index is -4.74. The number of rotatable bonds is 5. The SMILES string of the molecule is CCC(C)(C)C(=O)Nc1cccc(C(C)(O)P(=O)(O)O)c1. The van der Waals surface area contributed by atoms with Gasteiger partial charge in [-0.1, -0.05) is 32.9 Å². The first-order chi connectivity index (χ1) is 9.41. The normalized spacial score (nSPS) is 15.4. The molecule has 0 radical (unpaired) electrons. The van der Waals surface area contributed by atoms with Crippen LogP contribution in [0.1, 0.15) is 39.7 Å². The maximum atomic E-state index is 12.1. The Kier molecular flexibility index (Phi) is 5.01. The quantitative estimate of drug-likeness (QED) is 0.624. The molecule has 4 N–H and O–H groups in total. The molecule has 0 saturated heterocycles. The number of carbonyl (C=O) groups excluding carboxylic acids is 1. The van der Waals surface area contributed by atoms with Crippen molar-refractivity contribution >= 4 is 19.2 Å². The zero-order chi connectivity index (χ0) is 16.5. The Morgan fingerprint density at radius 2 is 1.86 bits per heavy atom. The van der Waals surface area contributed by atoms with Gasteiger partial charge in [-0.15, -0.1) is 0 Å². The predicted molar refractivity (Wildman–Crippen MR) is 80.8 cm³/mol. The molecule has 7 heteroatoms. The van der Waals surface area contributed by atoms with Crippen LogP contribution in [0, 0.1) is 5.41 Å². The van der Waals surface area contributed by atoms with Gasteiger partial charge in [-0.3, -0.25) is 9.36 Å². The average molecular weight is 315 g/mol. The summed E-state index contributed by atoms with van der Waals surface area (Å²) in [6, 6.07) is 5.89. The number of aliphatic hydroxyl groups is 1. The van der Waals surface area contributed by atoms with Crippen LogP contribution >= 0.6 is 7.60 Å². The Labute approximate surface area is 124 Å². The van der Waals surface area contributed by atoms with Crippen LogP contribution in [0.25, 0.3) is 0 Å². The van der Waals surface area contributed by atoms with Crippen LogP contribution in [-0.2, 0) is 14.7 Å². The van der Waals surface area contributed by atoms with E-state index in [1.54, 1.807) is 19.9 Å². The molecule has 0 fully saturated rings. The van der Waals surface area contributed by atoms with E-state index in [1.807, 2.05) is 6.92 Å². The molecule has 1 amide bonds. The highest BCUT2D eigenvalue weighted by Gasteiger charge is 2.42. The number of carbonyl (C=O) groups is 1. The van der Waals surface area contributed by atoms with Gasteiger partial charge in [-0.25, -0.2) is 0 Å². The molecule has 0 aromatic heterocycles. The zero-order valence-corrected chi connectivity index (χ0v) is 13.5. The lowest BCUT2D eigenvalue weighted by Gasteiger charge is -2.26. The number of anilines is 1. The van der Waals surface area contributed by atoms with E-state index in [-0.39, 0.29) is 11.5 Å². The number of amides is 1. The molecule has 1 rings (SSSR count). The van der Waals surface area contributed by atoms with Crippen molar-refractivity contribution < 1.29 is 24.3 Å². The third-order valence-electron chi connectivity index (χ3n) is 3.73. The monoisotopic (exact) mass is 315 g/mol. The second-order valence-electron chi connectivity index (χ2n) is 5.84. The van der Waals surface area contributed by atoms with Gasteiger partial charge in [-0.2, -0.15) is 0 Å². The van der Waals surface area contributed by atoms with Gasteiger partial charge in [-0.05, 0) is 31.0 Å². The van der Waals surface area contributed by atoms with Crippen molar-refractivity contribution in [2.45, 2.75) is 39.5 Å². The van der Waals surface area contributed by atoms with Gasteiger partial charge >= 0.3 is 7.60 Å². The van der Waals surface area contributed by atoms with Gasteiger partial charge in [0.05, 0.1) is 0 Å². The minimum absolute atomic E-state index is 0.0444. The molecule has 0 aliphatic rings. The van der Waals surface area contributed by atoms with E-state index in [1.165, 1.54) is 18.2 Å². The summed E-state index contributed by atoms with van der Waals surface area (Å²) in [6.07, 6.45) is 0.652. The molecule has 21 heavy (non-hydrogen) atoms. The topological polar surface area (TPSA) is 107 Å². The number of benzene rings is 1. The molecule has 0 bridgehead atoms. The molecule has 1 aromatic carbocycles. The molecule has 1 aromatic rings. The fraction of sp³-hybridized carbons (Fsp3) is 0.500. The number of nitrogens with one attached hydrogen (secondary N) is 1. The van der Waals surface area contributed by atoms with Gasteiger partial charge in [0, 0.05) is 11.1 Å². The highest BCUT2D eigenvalue weighted by atomic mass is 31.2. The van der Waals surface area contributed by atoms with E-state index in [2.05, 4.69) is 5.32 Å². The van der Waals surface area contributed by atoms with Crippen molar-refractivity contribution in [2.75, 3.05) is 5.32 Å². The van der Waals surface area contributed by atoms with E-state index in [4.69, 9.17) is 0 Å². The van der Waals surface area contributed by atoms with Crippen LogP contribution in [0.5, 0.6) is 0 Å². The maximum Gasteiger partial charge on any atom is 0.361 e. The molecule has 1 atom stereocenters. The molecule has 118 valence electrons. The Morgan fingerprint density at radius 1 is 1.29 bits per heavy atom. The standard InChI is InChI=1S/C14H22NO5P/c1-5-13(2,3)12(16)15-11-8-6-7-10(9-11)14(4,17)21(18,19)20/h6-9,17H,5H2,1-4H3,(H,15,16)(H2,18,19,20). The molecule has 0 saturated carbocycles. The van der Waals surface area contributed by atoms with Crippen LogP contribution in [0.2, 0.25) is 0 Å². The highest BCUT2D eigenvalue weighted by Crippen LogP contribution is 2.55. The summed E-state index contributed by atoms with van der Waals surface area (Å²) in [5.41, 5.74) is -0.127. The Balaban J connectivity index is 3.08. The lowest BCUT2D eigenvalue weighted by molar-refractivity contribution is -0.124. The first kappa shape index (κ1) is 17.9. The second kappa shape index (κ2) is 5.89. The fourth-order valence-electron chi connectivity index (χ4n) is 1.52. The zero-order valence-electron chi connectivity index (χ0n) is 12.6. The third kappa shape index (κ3) is 3.92. The van der Waals surface area contributed by atoms with Gasteiger partial charge in [0.15, 0.2) is 5.34 Å². The van der Waals surface area contributed by atoms with Gasteiger partial charge in [0.1, 0.15) is 0 Å². The number of hydrogen-bond donors (Lipinski definition) is 4. The summed E-state index contributed by atoms with van der Waals surface area (Å²) in [7, 11) is -4.74. The van der Waals surface area contributed by atoms with Crippen molar-refractivity contribution in [3.8, 4) is 0 Å². The van der Waals surface area contributed by atoms with Crippen LogP contribution in [0.15, 0.2) is 24.3 Å². The second-order valence-corrected chi connectivity index (χ2v) is 7.80. The molecule has 0 heterocycles. The summed E-state index contributed by atoms with van der Waals surface area (Å²) in [4.78, 5) is 30.5. The Bertz CT molecular complexity index is 576. The summed E-state index contributed by atoms with van der Waals surface area (Å²) < 4.78 is 11.3. The summed E-state index contributed by atoms with van der Waals surface area (Å²) in [6.45, 7) is 6.55. The van der Waals surface area contributed by atoms with Crippen LogP contribution < -0.4 is 5.32 Å². The molecule has 0 aliphatic carbocycles.